The normalized spacial score (nSPS) is 18.0. The summed E-state index contributed by atoms with van der Waals surface area (Å²) in [5.41, 5.74) is 2.00. The zero-order chi connectivity index (χ0) is 14.8. The molecule has 0 saturated carbocycles. The molecule has 2 aromatic carbocycles. The Morgan fingerprint density at radius 2 is 2.14 bits per heavy atom. The number of ether oxygens (including phenoxy) is 2. The molecule has 1 unspecified atom stereocenters. The second-order valence-electron chi connectivity index (χ2n) is 5.22. The second kappa shape index (κ2) is 6.08. The molecule has 0 aromatic heterocycles. The summed E-state index contributed by atoms with van der Waals surface area (Å²) in [6.07, 6.45) is 0.309. The fourth-order valence-electron chi connectivity index (χ4n) is 2.51. The number of para-hydroxylation sites is 1. The van der Waals surface area contributed by atoms with Crippen LogP contribution in [0.25, 0.3) is 0 Å². The molecular weight excluding hydrogens is 332 g/mol. The van der Waals surface area contributed by atoms with Gasteiger partial charge < -0.3 is 14.6 Å². The van der Waals surface area contributed by atoms with Gasteiger partial charge in [-0.3, -0.25) is 0 Å². The zero-order valence-electron chi connectivity index (χ0n) is 11.8. The standard InChI is InChI=1S/C17H17BrO3/c1-11(19)15-9-13(18)6-7-17(15)20-10-14-8-12-4-2-3-5-16(12)21-14/h2-7,9,11,14,19H,8,10H2,1H3/t11-,14?/m0/s1. The molecule has 1 aliphatic heterocycles. The monoisotopic (exact) mass is 348 g/mol. The van der Waals surface area contributed by atoms with E-state index in [1.165, 1.54) is 5.56 Å². The Bertz CT molecular complexity index is 615. The number of hydrogen-bond acceptors (Lipinski definition) is 3. The molecule has 0 aliphatic carbocycles. The van der Waals surface area contributed by atoms with Crippen molar-refractivity contribution in [2.24, 2.45) is 0 Å². The fraction of sp³-hybridized carbons (Fsp3) is 0.294. The summed E-state index contributed by atoms with van der Waals surface area (Å²) >= 11 is 3.41. The molecule has 0 amide bonds. The number of hydrogen-bond donors (Lipinski definition) is 1. The molecule has 1 heterocycles. The van der Waals surface area contributed by atoms with Gasteiger partial charge in [-0.25, -0.2) is 0 Å². The maximum Gasteiger partial charge on any atom is 0.137 e. The molecule has 110 valence electrons. The minimum atomic E-state index is -0.570. The predicted molar refractivity (Wildman–Crippen MR) is 84.8 cm³/mol. The number of rotatable bonds is 4. The third-order valence-electron chi connectivity index (χ3n) is 3.56. The van der Waals surface area contributed by atoms with E-state index in [1.54, 1.807) is 6.92 Å². The van der Waals surface area contributed by atoms with E-state index in [9.17, 15) is 5.11 Å². The van der Waals surface area contributed by atoms with Gasteiger partial charge in [-0.2, -0.15) is 0 Å². The molecule has 3 rings (SSSR count). The Labute approximate surface area is 132 Å². The molecule has 0 bridgehead atoms. The summed E-state index contributed by atoms with van der Waals surface area (Å²) in [5, 5.41) is 9.83. The third kappa shape index (κ3) is 3.22. The number of aliphatic hydroxyl groups is 1. The Morgan fingerprint density at radius 1 is 1.33 bits per heavy atom. The highest BCUT2D eigenvalue weighted by Crippen LogP contribution is 2.31. The second-order valence-corrected chi connectivity index (χ2v) is 6.14. The lowest BCUT2D eigenvalue weighted by Gasteiger charge is -2.16. The van der Waals surface area contributed by atoms with Crippen LogP contribution < -0.4 is 9.47 Å². The molecule has 0 fully saturated rings. The number of benzene rings is 2. The highest BCUT2D eigenvalue weighted by Gasteiger charge is 2.23. The van der Waals surface area contributed by atoms with Crippen LogP contribution in [0.5, 0.6) is 11.5 Å². The van der Waals surface area contributed by atoms with Crippen LogP contribution in [0, 0.1) is 0 Å². The lowest BCUT2D eigenvalue weighted by molar-refractivity contribution is 0.141. The van der Waals surface area contributed by atoms with Crippen molar-refractivity contribution in [3.8, 4) is 11.5 Å². The van der Waals surface area contributed by atoms with Crippen molar-refractivity contribution >= 4 is 15.9 Å². The summed E-state index contributed by atoms with van der Waals surface area (Å²) in [5.74, 6) is 1.64. The van der Waals surface area contributed by atoms with Gasteiger partial charge >= 0.3 is 0 Å². The number of fused-ring (bicyclic) bond motifs is 1. The van der Waals surface area contributed by atoms with Crippen LogP contribution >= 0.6 is 15.9 Å². The van der Waals surface area contributed by atoms with Crippen LogP contribution in [0.3, 0.4) is 0 Å². The summed E-state index contributed by atoms with van der Waals surface area (Å²) in [6, 6.07) is 13.7. The van der Waals surface area contributed by atoms with Gasteiger partial charge in [-0.1, -0.05) is 34.1 Å². The average molecular weight is 349 g/mol. The predicted octanol–water partition coefficient (Wildman–Crippen LogP) is 3.88. The summed E-state index contributed by atoms with van der Waals surface area (Å²) in [4.78, 5) is 0. The van der Waals surface area contributed by atoms with Crippen LogP contribution in [0.1, 0.15) is 24.2 Å². The van der Waals surface area contributed by atoms with E-state index in [1.807, 2.05) is 36.4 Å². The van der Waals surface area contributed by atoms with Gasteiger partial charge in [0.2, 0.25) is 0 Å². The van der Waals surface area contributed by atoms with E-state index in [-0.39, 0.29) is 6.10 Å². The Morgan fingerprint density at radius 3 is 2.90 bits per heavy atom. The van der Waals surface area contributed by atoms with Crippen molar-refractivity contribution in [2.75, 3.05) is 6.61 Å². The molecule has 4 heteroatoms. The van der Waals surface area contributed by atoms with Crippen molar-refractivity contribution in [3.63, 3.8) is 0 Å². The van der Waals surface area contributed by atoms with Gasteiger partial charge in [-0.05, 0) is 36.8 Å². The molecule has 0 saturated heterocycles. The van der Waals surface area contributed by atoms with Crippen LogP contribution in [0.4, 0.5) is 0 Å². The van der Waals surface area contributed by atoms with Crippen LogP contribution in [-0.4, -0.2) is 17.8 Å². The lowest BCUT2D eigenvalue weighted by Crippen LogP contribution is -2.22. The molecule has 0 spiro atoms. The highest BCUT2D eigenvalue weighted by molar-refractivity contribution is 9.10. The first-order valence-corrected chi connectivity index (χ1v) is 7.77. The van der Waals surface area contributed by atoms with Crippen LogP contribution in [0.15, 0.2) is 46.9 Å². The fourth-order valence-corrected chi connectivity index (χ4v) is 2.89. The largest absolute Gasteiger partial charge is 0.489 e. The van der Waals surface area contributed by atoms with E-state index >= 15 is 0 Å². The Hall–Kier alpha value is -1.52. The maximum absolute atomic E-state index is 9.83. The van der Waals surface area contributed by atoms with Crippen LogP contribution in [-0.2, 0) is 6.42 Å². The van der Waals surface area contributed by atoms with E-state index in [0.717, 1.165) is 22.2 Å². The Kier molecular flexibility index (Phi) is 4.17. The van der Waals surface area contributed by atoms with Gasteiger partial charge in [0.25, 0.3) is 0 Å². The topological polar surface area (TPSA) is 38.7 Å². The first kappa shape index (κ1) is 14.4. The highest BCUT2D eigenvalue weighted by atomic mass is 79.9. The van der Waals surface area contributed by atoms with E-state index in [2.05, 4.69) is 22.0 Å². The first-order valence-electron chi connectivity index (χ1n) is 6.98. The number of halogens is 1. The number of aliphatic hydroxyl groups excluding tert-OH is 1. The van der Waals surface area contributed by atoms with Crippen molar-refractivity contribution in [2.45, 2.75) is 25.6 Å². The van der Waals surface area contributed by atoms with E-state index in [4.69, 9.17) is 9.47 Å². The molecule has 0 radical (unpaired) electrons. The molecule has 2 aromatic rings. The van der Waals surface area contributed by atoms with Gasteiger partial charge in [0.1, 0.15) is 24.2 Å². The Balaban J connectivity index is 1.67. The molecule has 3 nitrogen and oxygen atoms in total. The lowest BCUT2D eigenvalue weighted by atomic mass is 10.1. The molecule has 21 heavy (non-hydrogen) atoms. The molecular formula is C17H17BrO3. The SMILES string of the molecule is C[C@H](O)c1cc(Br)ccc1OCC1Cc2ccccc2O1. The maximum atomic E-state index is 9.83. The summed E-state index contributed by atoms with van der Waals surface area (Å²) in [7, 11) is 0. The van der Waals surface area contributed by atoms with Crippen molar-refractivity contribution < 1.29 is 14.6 Å². The quantitative estimate of drug-likeness (QED) is 0.910. The first-order chi connectivity index (χ1) is 10.1. The minimum Gasteiger partial charge on any atom is -0.489 e. The van der Waals surface area contributed by atoms with Gasteiger partial charge in [0, 0.05) is 16.5 Å². The zero-order valence-corrected chi connectivity index (χ0v) is 13.3. The molecule has 2 atom stereocenters. The van der Waals surface area contributed by atoms with Crippen molar-refractivity contribution in [1.29, 1.82) is 0 Å². The van der Waals surface area contributed by atoms with Gasteiger partial charge in [0.05, 0.1) is 6.10 Å². The summed E-state index contributed by atoms with van der Waals surface area (Å²) in [6.45, 7) is 2.20. The third-order valence-corrected chi connectivity index (χ3v) is 4.05. The molecule has 1 N–H and O–H groups in total. The van der Waals surface area contributed by atoms with Crippen molar-refractivity contribution in [3.05, 3.63) is 58.1 Å². The van der Waals surface area contributed by atoms with Crippen molar-refractivity contribution in [1.82, 2.24) is 0 Å². The van der Waals surface area contributed by atoms with Gasteiger partial charge in [0.15, 0.2) is 0 Å². The van der Waals surface area contributed by atoms with E-state index < -0.39 is 6.10 Å². The van der Waals surface area contributed by atoms with Crippen LogP contribution in [0.2, 0.25) is 0 Å². The smallest absolute Gasteiger partial charge is 0.137 e. The van der Waals surface area contributed by atoms with Gasteiger partial charge in [-0.15, -0.1) is 0 Å². The summed E-state index contributed by atoms with van der Waals surface area (Å²) < 4.78 is 12.6. The van der Waals surface area contributed by atoms with E-state index in [0.29, 0.717) is 12.4 Å². The average Bonchev–Trinajstić information content (AvgIpc) is 2.88. The minimum absolute atomic E-state index is 0.0212. The molecule has 1 aliphatic rings.